The molecule has 0 saturated carbocycles. The molecule has 2 fully saturated rings. The summed E-state index contributed by atoms with van der Waals surface area (Å²) >= 11 is 1.62. The van der Waals surface area contributed by atoms with Crippen LogP contribution in [0.15, 0.2) is 84.0 Å². The molecule has 8 rings (SSSR count). The van der Waals surface area contributed by atoms with E-state index >= 15 is 0 Å². The van der Waals surface area contributed by atoms with Gasteiger partial charge in [0, 0.05) is 48.5 Å². The SMILES string of the molecule is Nc1ncnc2c1c(-c1ccc(Oc3ccccc3)cc1)nn2C1CCCN(C(=O)CCCSc2cccc3c2CN(C2CCC(=O)NC2=O)C3=O)C1. The van der Waals surface area contributed by atoms with E-state index in [1.807, 2.05) is 76.3 Å². The van der Waals surface area contributed by atoms with Gasteiger partial charge >= 0.3 is 0 Å². The summed E-state index contributed by atoms with van der Waals surface area (Å²) in [5, 5.41) is 8.06. The lowest BCUT2D eigenvalue weighted by molar-refractivity contribution is -0.137. The van der Waals surface area contributed by atoms with E-state index in [-0.39, 0.29) is 30.2 Å². The van der Waals surface area contributed by atoms with E-state index in [2.05, 4.69) is 15.3 Å². The van der Waals surface area contributed by atoms with Gasteiger partial charge < -0.3 is 20.3 Å². The molecular weight excluding hydrogens is 693 g/mol. The highest BCUT2D eigenvalue weighted by Crippen LogP contribution is 2.37. The van der Waals surface area contributed by atoms with Crippen molar-refractivity contribution < 1.29 is 23.9 Å². The Kier molecular flexibility index (Phi) is 9.52. The number of anilines is 1. The van der Waals surface area contributed by atoms with Crippen molar-refractivity contribution in [3.05, 3.63) is 90.3 Å². The van der Waals surface area contributed by atoms with Crippen molar-refractivity contribution in [2.24, 2.45) is 0 Å². The molecule has 3 aliphatic heterocycles. The van der Waals surface area contributed by atoms with Crippen molar-refractivity contribution in [3.8, 4) is 22.8 Å². The number of nitrogen functional groups attached to an aromatic ring is 1. The number of rotatable bonds is 10. The van der Waals surface area contributed by atoms with Crippen LogP contribution in [0.2, 0.25) is 0 Å². The molecule has 4 amide bonds. The van der Waals surface area contributed by atoms with Gasteiger partial charge in [0.1, 0.15) is 35.4 Å². The number of hydrogen-bond acceptors (Lipinski definition) is 10. The number of carbonyl (C=O) groups is 4. The van der Waals surface area contributed by atoms with E-state index < -0.39 is 11.9 Å². The monoisotopic (exact) mass is 730 g/mol. The molecule has 0 radical (unpaired) electrons. The zero-order valence-corrected chi connectivity index (χ0v) is 29.8. The van der Waals surface area contributed by atoms with Crippen molar-refractivity contribution in [3.63, 3.8) is 0 Å². The molecule has 3 aliphatic rings. The average molecular weight is 731 g/mol. The number of nitrogens with two attached hydrogens (primary N) is 1. The number of fused-ring (bicyclic) bond motifs is 2. The number of amides is 4. The summed E-state index contributed by atoms with van der Waals surface area (Å²) in [6.07, 6.45) is 4.73. The number of imide groups is 1. The first kappa shape index (κ1) is 34.3. The van der Waals surface area contributed by atoms with Gasteiger partial charge in [0.15, 0.2) is 5.65 Å². The maximum Gasteiger partial charge on any atom is 0.255 e. The second-order valence-electron chi connectivity index (χ2n) is 13.5. The molecule has 2 aromatic heterocycles. The molecule has 0 aliphatic carbocycles. The number of para-hydroxylation sites is 1. The third kappa shape index (κ3) is 6.93. The molecule has 270 valence electrons. The molecule has 2 atom stereocenters. The number of nitrogens with one attached hydrogen (secondary N) is 1. The fourth-order valence-electron chi connectivity index (χ4n) is 7.39. The Morgan fingerprint density at radius 3 is 2.58 bits per heavy atom. The summed E-state index contributed by atoms with van der Waals surface area (Å²) in [6.45, 7) is 1.52. The fraction of sp³-hybridized carbons (Fsp3) is 0.308. The minimum atomic E-state index is -0.653. The van der Waals surface area contributed by atoms with Crippen LogP contribution in [0.4, 0.5) is 5.82 Å². The van der Waals surface area contributed by atoms with E-state index in [1.54, 1.807) is 22.7 Å². The maximum absolute atomic E-state index is 13.5. The molecule has 0 bridgehead atoms. The molecule has 53 heavy (non-hydrogen) atoms. The van der Waals surface area contributed by atoms with Crippen LogP contribution in [-0.4, -0.2) is 78.1 Å². The summed E-state index contributed by atoms with van der Waals surface area (Å²) in [7, 11) is 0. The number of hydrogen-bond donors (Lipinski definition) is 2. The van der Waals surface area contributed by atoms with Crippen LogP contribution in [0, 0.1) is 0 Å². The lowest BCUT2D eigenvalue weighted by Gasteiger charge is -2.33. The smallest absolute Gasteiger partial charge is 0.255 e. The summed E-state index contributed by atoms with van der Waals surface area (Å²) < 4.78 is 7.88. The number of benzene rings is 3. The molecule has 5 heterocycles. The summed E-state index contributed by atoms with van der Waals surface area (Å²) in [6, 6.07) is 22.2. The molecule has 0 spiro atoms. The number of thioether (sulfide) groups is 1. The topological polar surface area (TPSA) is 166 Å². The largest absolute Gasteiger partial charge is 0.457 e. The lowest BCUT2D eigenvalue weighted by Crippen LogP contribution is -2.52. The summed E-state index contributed by atoms with van der Waals surface area (Å²) in [4.78, 5) is 64.1. The number of likely N-dealkylation sites (tertiary alicyclic amines) is 1. The predicted octanol–water partition coefficient (Wildman–Crippen LogP) is 5.36. The van der Waals surface area contributed by atoms with Crippen LogP contribution in [0.3, 0.4) is 0 Å². The minimum absolute atomic E-state index is 0.0786. The lowest BCUT2D eigenvalue weighted by atomic mass is 10.0. The molecule has 2 saturated heterocycles. The molecular formula is C39H38N8O5S. The summed E-state index contributed by atoms with van der Waals surface area (Å²) in [5.74, 6) is 1.67. The van der Waals surface area contributed by atoms with Crippen LogP contribution in [0.1, 0.15) is 60.5 Å². The van der Waals surface area contributed by atoms with Crippen molar-refractivity contribution in [2.45, 2.75) is 62.0 Å². The third-order valence-electron chi connectivity index (χ3n) is 10.1. The average Bonchev–Trinajstić information content (AvgIpc) is 3.73. The van der Waals surface area contributed by atoms with Gasteiger partial charge in [0.25, 0.3) is 5.91 Å². The first-order valence-corrected chi connectivity index (χ1v) is 18.8. The Morgan fingerprint density at radius 2 is 1.77 bits per heavy atom. The zero-order valence-electron chi connectivity index (χ0n) is 28.9. The first-order valence-electron chi connectivity index (χ1n) is 17.8. The van der Waals surface area contributed by atoms with Gasteiger partial charge in [-0.2, -0.15) is 5.10 Å². The fourth-order valence-corrected chi connectivity index (χ4v) is 8.43. The van der Waals surface area contributed by atoms with Gasteiger partial charge in [-0.25, -0.2) is 14.6 Å². The van der Waals surface area contributed by atoms with Crippen LogP contribution < -0.4 is 15.8 Å². The van der Waals surface area contributed by atoms with Gasteiger partial charge in [0.05, 0.1) is 11.4 Å². The van der Waals surface area contributed by atoms with Crippen LogP contribution in [-0.2, 0) is 20.9 Å². The van der Waals surface area contributed by atoms with Crippen molar-refractivity contribution in [1.29, 1.82) is 0 Å². The number of carbonyl (C=O) groups excluding carboxylic acids is 4. The third-order valence-corrected chi connectivity index (χ3v) is 11.2. The Bertz CT molecular complexity index is 2210. The Balaban J connectivity index is 0.903. The van der Waals surface area contributed by atoms with E-state index in [1.165, 1.54) is 6.33 Å². The normalized spacial score (nSPS) is 18.7. The van der Waals surface area contributed by atoms with Crippen LogP contribution in [0.25, 0.3) is 22.3 Å². The zero-order chi connectivity index (χ0) is 36.5. The van der Waals surface area contributed by atoms with Gasteiger partial charge in [0.2, 0.25) is 17.7 Å². The Labute approximate surface area is 309 Å². The van der Waals surface area contributed by atoms with Crippen molar-refractivity contribution >= 4 is 52.2 Å². The van der Waals surface area contributed by atoms with Crippen molar-refractivity contribution in [2.75, 3.05) is 24.6 Å². The molecule has 14 heteroatoms. The van der Waals surface area contributed by atoms with Crippen LogP contribution in [0.5, 0.6) is 11.5 Å². The highest BCUT2D eigenvalue weighted by atomic mass is 32.2. The minimum Gasteiger partial charge on any atom is -0.457 e. The van der Waals surface area contributed by atoms with E-state index in [0.717, 1.165) is 34.6 Å². The second kappa shape index (κ2) is 14.7. The molecule has 3 aromatic carbocycles. The predicted molar refractivity (Wildman–Crippen MR) is 199 cm³/mol. The quantitative estimate of drug-likeness (QED) is 0.109. The number of aromatic nitrogens is 4. The van der Waals surface area contributed by atoms with Gasteiger partial charge in [-0.3, -0.25) is 24.5 Å². The van der Waals surface area contributed by atoms with Gasteiger partial charge in [-0.05, 0) is 85.5 Å². The van der Waals surface area contributed by atoms with Crippen LogP contribution >= 0.6 is 11.8 Å². The van der Waals surface area contributed by atoms with Crippen molar-refractivity contribution in [1.82, 2.24) is 34.9 Å². The molecule has 2 unspecified atom stereocenters. The van der Waals surface area contributed by atoms with Gasteiger partial charge in [-0.1, -0.05) is 24.3 Å². The molecule has 5 aromatic rings. The highest BCUT2D eigenvalue weighted by molar-refractivity contribution is 7.99. The number of ether oxygens (including phenoxy) is 1. The maximum atomic E-state index is 13.5. The Morgan fingerprint density at radius 1 is 0.962 bits per heavy atom. The molecule has 3 N–H and O–H groups in total. The summed E-state index contributed by atoms with van der Waals surface area (Å²) in [5.41, 5.74) is 10.1. The van der Waals surface area contributed by atoms with E-state index in [4.69, 9.17) is 15.6 Å². The number of nitrogens with zero attached hydrogens (tertiary/aromatic N) is 6. The standard InChI is InChI=1S/C39H38N8O5S/c40-36-34-35(24-13-15-27(16-14-24)52-26-8-2-1-3-9-26)44-47(37(34)42-23-41-36)25-7-5-19-45(21-25)33(49)12-6-20-53-31-11-4-10-28-29(31)22-46(39(28)51)30-17-18-32(48)43-38(30)50/h1-4,8-11,13-16,23,25,30H,5-7,12,17-22H2,(H2,40,41,42)(H,43,48,50). The number of piperidine rings is 2. The van der Waals surface area contributed by atoms with E-state index in [0.29, 0.717) is 78.5 Å². The first-order chi connectivity index (χ1) is 25.8. The van der Waals surface area contributed by atoms with E-state index in [9.17, 15) is 19.2 Å². The second-order valence-corrected chi connectivity index (χ2v) is 14.6. The molecule has 13 nitrogen and oxygen atoms in total. The van der Waals surface area contributed by atoms with Gasteiger partial charge in [-0.15, -0.1) is 11.8 Å². The highest BCUT2D eigenvalue weighted by Gasteiger charge is 2.40. The Hall–Kier alpha value is -5.76.